The average Bonchev–Trinajstić information content (AvgIpc) is 2.49. The van der Waals surface area contributed by atoms with Gasteiger partial charge in [0.15, 0.2) is 15.8 Å². The van der Waals surface area contributed by atoms with Gasteiger partial charge in [-0.1, -0.05) is 12.1 Å². The summed E-state index contributed by atoms with van der Waals surface area (Å²) in [5, 5.41) is 6.38. The number of guanidine groups is 1. The van der Waals surface area contributed by atoms with Gasteiger partial charge in [-0.15, -0.1) is 0 Å². The molecule has 0 aliphatic carbocycles. The number of hydrogen-bond acceptors (Lipinski definition) is 4. The van der Waals surface area contributed by atoms with Crippen LogP contribution < -0.4 is 10.6 Å². The SMILES string of the molecule is CCOCCCNC(=NC)NCc1ccc(S(C)(=O)=O)cc1. The largest absolute Gasteiger partial charge is 0.382 e. The van der Waals surface area contributed by atoms with Crippen LogP contribution in [-0.2, 0) is 21.1 Å². The van der Waals surface area contributed by atoms with Gasteiger partial charge in [0.1, 0.15) is 0 Å². The second kappa shape index (κ2) is 9.42. The third-order valence-corrected chi connectivity index (χ3v) is 4.13. The van der Waals surface area contributed by atoms with Crippen LogP contribution in [0.4, 0.5) is 0 Å². The van der Waals surface area contributed by atoms with Gasteiger partial charge in [0.25, 0.3) is 0 Å². The minimum absolute atomic E-state index is 0.328. The van der Waals surface area contributed by atoms with Crippen LogP contribution in [0.15, 0.2) is 34.2 Å². The van der Waals surface area contributed by atoms with E-state index in [0.29, 0.717) is 17.4 Å². The van der Waals surface area contributed by atoms with E-state index in [1.54, 1.807) is 31.3 Å². The van der Waals surface area contributed by atoms with E-state index in [1.807, 2.05) is 6.92 Å². The number of nitrogens with one attached hydrogen (secondary N) is 2. The Morgan fingerprint density at radius 1 is 1.23 bits per heavy atom. The standard InChI is InChI=1S/C15H25N3O3S/c1-4-21-11-5-10-17-15(16-2)18-12-13-6-8-14(9-7-13)22(3,19)20/h6-9H,4-5,10-12H2,1-3H3,(H2,16,17,18). The van der Waals surface area contributed by atoms with Crippen molar-refractivity contribution in [2.75, 3.05) is 33.1 Å². The zero-order chi connectivity index (χ0) is 16.4. The Bertz CT molecular complexity index is 568. The minimum atomic E-state index is -3.14. The van der Waals surface area contributed by atoms with Crippen molar-refractivity contribution in [3.05, 3.63) is 29.8 Å². The summed E-state index contributed by atoms with van der Waals surface area (Å²) < 4.78 is 28.1. The lowest BCUT2D eigenvalue weighted by Gasteiger charge is -2.12. The van der Waals surface area contributed by atoms with Crippen molar-refractivity contribution < 1.29 is 13.2 Å². The summed E-state index contributed by atoms with van der Waals surface area (Å²) in [6.45, 7) is 4.80. The lowest BCUT2D eigenvalue weighted by molar-refractivity contribution is 0.145. The molecule has 0 amide bonds. The lowest BCUT2D eigenvalue weighted by atomic mass is 10.2. The first-order valence-corrected chi connectivity index (χ1v) is 9.17. The molecule has 0 aromatic heterocycles. The summed E-state index contributed by atoms with van der Waals surface area (Å²) in [4.78, 5) is 4.46. The molecule has 0 heterocycles. The van der Waals surface area contributed by atoms with Crippen LogP contribution in [0, 0.1) is 0 Å². The summed E-state index contributed by atoms with van der Waals surface area (Å²) in [6, 6.07) is 6.83. The molecular weight excluding hydrogens is 302 g/mol. The number of sulfone groups is 1. The Balaban J connectivity index is 2.40. The molecule has 7 heteroatoms. The number of hydrogen-bond donors (Lipinski definition) is 2. The molecule has 124 valence electrons. The van der Waals surface area contributed by atoms with Gasteiger partial charge < -0.3 is 15.4 Å². The lowest BCUT2D eigenvalue weighted by Crippen LogP contribution is -2.37. The second-order valence-corrected chi connectivity index (χ2v) is 6.83. The van der Waals surface area contributed by atoms with Crippen molar-refractivity contribution in [1.29, 1.82) is 0 Å². The van der Waals surface area contributed by atoms with Crippen molar-refractivity contribution in [1.82, 2.24) is 10.6 Å². The van der Waals surface area contributed by atoms with Crippen LogP contribution >= 0.6 is 0 Å². The Kier molecular flexibility index (Phi) is 7.90. The van der Waals surface area contributed by atoms with Gasteiger partial charge >= 0.3 is 0 Å². The first-order valence-electron chi connectivity index (χ1n) is 7.28. The van der Waals surface area contributed by atoms with Crippen LogP contribution in [-0.4, -0.2) is 47.4 Å². The molecule has 0 unspecified atom stereocenters. The molecule has 0 atom stereocenters. The Morgan fingerprint density at radius 3 is 2.45 bits per heavy atom. The number of ether oxygens (including phenoxy) is 1. The van der Waals surface area contributed by atoms with E-state index in [2.05, 4.69) is 15.6 Å². The van der Waals surface area contributed by atoms with Gasteiger partial charge in [-0.2, -0.15) is 0 Å². The second-order valence-electron chi connectivity index (χ2n) is 4.82. The van der Waals surface area contributed by atoms with Crippen molar-refractivity contribution in [2.24, 2.45) is 4.99 Å². The molecule has 0 aliphatic rings. The molecule has 6 nitrogen and oxygen atoms in total. The fourth-order valence-electron chi connectivity index (χ4n) is 1.79. The summed E-state index contributed by atoms with van der Waals surface area (Å²) in [5.41, 5.74) is 0.990. The zero-order valence-corrected chi connectivity index (χ0v) is 14.2. The van der Waals surface area contributed by atoms with Crippen LogP contribution in [0.2, 0.25) is 0 Å². The van der Waals surface area contributed by atoms with Gasteiger partial charge in [0.2, 0.25) is 0 Å². The van der Waals surface area contributed by atoms with Crippen LogP contribution in [0.25, 0.3) is 0 Å². The highest BCUT2D eigenvalue weighted by Crippen LogP contribution is 2.09. The Morgan fingerprint density at radius 2 is 1.91 bits per heavy atom. The third-order valence-electron chi connectivity index (χ3n) is 3.00. The summed E-state index contributed by atoms with van der Waals surface area (Å²) in [6.07, 6.45) is 2.12. The normalized spacial score (nSPS) is 12.2. The van der Waals surface area contributed by atoms with Gasteiger partial charge in [0, 0.05) is 39.6 Å². The summed E-state index contributed by atoms with van der Waals surface area (Å²) in [5.74, 6) is 0.712. The quantitative estimate of drug-likeness (QED) is 0.426. The molecule has 2 N–H and O–H groups in total. The fourth-order valence-corrected chi connectivity index (χ4v) is 2.42. The number of nitrogens with zero attached hydrogens (tertiary/aromatic N) is 1. The molecule has 0 spiro atoms. The van der Waals surface area contributed by atoms with E-state index < -0.39 is 9.84 Å². The number of aliphatic imine (C=N–C) groups is 1. The molecule has 0 bridgehead atoms. The molecule has 0 saturated carbocycles. The van der Waals surface area contributed by atoms with E-state index >= 15 is 0 Å². The first-order chi connectivity index (χ1) is 10.5. The van der Waals surface area contributed by atoms with E-state index in [-0.39, 0.29) is 0 Å². The highest BCUT2D eigenvalue weighted by atomic mass is 32.2. The maximum atomic E-state index is 11.4. The van der Waals surface area contributed by atoms with E-state index in [0.717, 1.165) is 31.7 Å². The molecule has 1 aromatic rings. The smallest absolute Gasteiger partial charge is 0.191 e. The van der Waals surface area contributed by atoms with Crippen LogP contribution in [0.1, 0.15) is 18.9 Å². The predicted octanol–water partition coefficient (Wildman–Crippen LogP) is 1.18. The van der Waals surface area contributed by atoms with Gasteiger partial charge in [0.05, 0.1) is 4.90 Å². The van der Waals surface area contributed by atoms with Crippen molar-refractivity contribution >= 4 is 15.8 Å². The van der Waals surface area contributed by atoms with Crippen LogP contribution in [0.5, 0.6) is 0 Å². The third kappa shape index (κ3) is 6.91. The van der Waals surface area contributed by atoms with Crippen molar-refractivity contribution in [3.63, 3.8) is 0 Å². The molecule has 1 rings (SSSR count). The van der Waals surface area contributed by atoms with Gasteiger partial charge in [-0.3, -0.25) is 4.99 Å². The molecule has 0 saturated heterocycles. The first kappa shape index (κ1) is 18.4. The number of rotatable bonds is 8. The van der Waals surface area contributed by atoms with Crippen molar-refractivity contribution in [2.45, 2.75) is 24.8 Å². The topological polar surface area (TPSA) is 79.8 Å². The molecule has 1 aromatic carbocycles. The summed E-state index contributed by atoms with van der Waals surface area (Å²) in [7, 11) is -1.43. The monoisotopic (exact) mass is 327 g/mol. The predicted molar refractivity (Wildman–Crippen MR) is 88.9 cm³/mol. The summed E-state index contributed by atoms with van der Waals surface area (Å²) >= 11 is 0. The van der Waals surface area contributed by atoms with E-state index in [4.69, 9.17) is 4.74 Å². The molecule has 0 aliphatic heterocycles. The van der Waals surface area contributed by atoms with Crippen LogP contribution in [0.3, 0.4) is 0 Å². The number of benzene rings is 1. The zero-order valence-electron chi connectivity index (χ0n) is 13.4. The molecule has 0 radical (unpaired) electrons. The molecular formula is C15H25N3O3S. The highest BCUT2D eigenvalue weighted by Gasteiger charge is 2.06. The average molecular weight is 327 g/mol. The fraction of sp³-hybridized carbons (Fsp3) is 0.533. The van der Waals surface area contributed by atoms with E-state index in [1.165, 1.54) is 6.26 Å². The minimum Gasteiger partial charge on any atom is -0.382 e. The van der Waals surface area contributed by atoms with Gasteiger partial charge in [-0.25, -0.2) is 8.42 Å². The maximum absolute atomic E-state index is 11.4. The Labute approximate surface area is 132 Å². The maximum Gasteiger partial charge on any atom is 0.191 e. The molecule has 22 heavy (non-hydrogen) atoms. The van der Waals surface area contributed by atoms with E-state index in [9.17, 15) is 8.42 Å². The molecule has 0 fully saturated rings. The Hall–Kier alpha value is -1.60. The van der Waals surface area contributed by atoms with Crippen molar-refractivity contribution in [3.8, 4) is 0 Å². The highest BCUT2D eigenvalue weighted by molar-refractivity contribution is 7.90. The van der Waals surface area contributed by atoms with Gasteiger partial charge in [-0.05, 0) is 31.0 Å².